The number of phenolic OH excluding ortho intramolecular Hbond substituents is 1. The van der Waals surface area contributed by atoms with Gasteiger partial charge in [-0.05, 0) is 114 Å². The number of hydrogen-bond acceptors (Lipinski definition) is 5. The van der Waals surface area contributed by atoms with E-state index in [1.54, 1.807) is 6.07 Å². The van der Waals surface area contributed by atoms with Gasteiger partial charge in [-0.1, -0.05) is 36.4 Å². The van der Waals surface area contributed by atoms with E-state index in [1.165, 1.54) is 31.3 Å². The third-order valence-corrected chi connectivity index (χ3v) is 11.3. The molecule has 6 heteroatoms. The van der Waals surface area contributed by atoms with Gasteiger partial charge < -0.3 is 20.1 Å². The lowest BCUT2D eigenvalue weighted by atomic mass is 9.54. The number of hydrogen-bond donors (Lipinski definition) is 3. The van der Waals surface area contributed by atoms with Crippen molar-refractivity contribution < 1.29 is 10.2 Å². The summed E-state index contributed by atoms with van der Waals surface area (Å²) in [7, 11) is 0. The van der Waals surface area contributed by atoms with Crippen molar-refractivity contribution in [3.63, 3.8) is 0 Å². The molecule has 0 radical (unpaired) electrons. The van der Waals surface area contributed by atoms with Crippen molar-refractivity contribution in [3.05, 3.63) is 66.5 Å². The van der Waals surface area contributed by atoms with Gasteiger partial charge >= 0.3 is 0 Å². The van der Waals surface area contributed by atoms with Crippen LogP contribution in [0.25, 0.3) is 27.4 Å². The van der Waals surface area contributed by atoms with Crippen molar-refractivity contribution in [1.29, 1.82) is 0 Å². The summed E-state index contributed by atoms with van der Waals surface area (Å²) in [6.45, 7) is 4.33. The predicted molar refractivity (Wildman–Crippen MR) is 169 cm³/mol. The minimum absolute atomic E-state index is 0.0494. The van der Waals surface area contributed by atoms with Gasteiger partial charge in [-0.25, -0.2) is 0 Å². The molecule has 220 valence electrons. The first-order chi connectivity index (χ1) is 20.6. The fourth-order valence-corrected chi connectivity index (χ4v) is 9.64. The molecule has 2 aromatic heterocycles. The first-order valence-electron chi connectivity index (χ1n) is 16.4. The Balaban J connectivity index is 1.35. The van der Waals surface area contributed by atoms with Gasteiger partial charge in [0.2, 0.25) is 0 Å². The minimum Gasteiger partial charge on any atom is -0.506 e. The Labute approximate surface area is 248 Å². The van der Waals surface area contributed by atoms with E-state index in [4.69, 9.17) is 4.98 Å². The number of aromatic amines is 1. The second kappa shape index (κ2) is 10.4. The van der Waals surface area contributed by atoms with Crippen molar-refractivity contribution in [3.8, 4) is 5.75 Å². The molecule has 4 aliphatic heterocycles. The fourth-order valence-electron chi connectivity index (χ4n) is 9.64. The SMILES string of the molecule is Oc1cccc2c1[nH]c1c(C3=C[C@@]4(O)CC/C=C\CCCCN5CC[C@@H]3C3(C[C@@H]6/C=C\CCCCN6[C@H]34)C5)nccc12. The highest BCUT2D eigenvalue weighted by Crippen LogP contribution is 2.61. The highest BCUT2D eigenvalue weighted by atomic mass is 16.3. The summed E-state index contributed by atoms with van der Waals surface area (Å²) in [5, 5.41) is 25.9. The Kier molecular flexibility index (Phi) is 6.58. The number of phenols is 1. The van der Waals surface area contributed by atoms with Crippen molar-refractivity contribution in [2.24, 2.45) is 11.3 Å². The average Bonchev–Trinajstić information content (AvgIpc) is 3.50. The van der Waals surface area contributed by atoms with E-state index in [0.717, 1.165) is 92.2 Å². The van der Waals surface area contributed by atoms with Crippen LogP contribution in [0, 0.1) is 11.3 Å². The molecule has 3 N–H and O–H groups in total. The van der Waals surface area contributed by atoms with Gasteiger partial charge in [0.05, 0.1) is 28.4 Å². The Morgan fingerprint density at radius 1 is 0.905 bits per heavy atom. The second-order valence-corrected chi connectivity index (χ2v) is 13.7. The molecule has 6 atom stereocenters. The van der Waals surface area contributed by atoms with Gasteiger partial charge in [-0.15, -0.1) is 0 Å². The minimum atomic E-state index is -0.951. The second-order valence-electron chi connectivity index (χ2n) is 13.7. The first-order valence-corrected chi connectivity index (χ1v) is 16.4. The maximum atomic E-state index is 13.1. The van der Waals surface area contributed by atoms with Crippen LogP contribution in [0.15, 0.2) is 60.8 Å². The largest absolute Gasteiger partial charge is 0.506 e. The molecule has 3 bridgehead atoms. The molecular formula is C36H44N4O2. The lowest BCUT2D eigenvalue weighted by Crippen LogP contribution is -2.65. The van der Waals surface area contributed by atoms with E-state index in [2.05, 4.69) is 57.3 Å². The standard InChI is InChI=1S/C36H44N4O2/c41-30-14-11-13-26-27-15-18-37-32(33(27)38-31(26)30)28-23-36(42)17-8-4-1-2-5-9-19-39-21-16-29(28)35(24-39)22-25-12-7-3-6-10-20-40(25)34(35)36/h1,4,7,11-15,18,23,25,29,34,38,41-42H,2-3,5-6,8-10,16-17,19-22,24H2/b4-1-,12-7-/t25-,29-,34+,35?,36-/m0/s1. The van der Waals surface area contributed by atoms with Crippen LogP contribution in [0.5, 0.6) is 5.75 Å². The molecule has 3 aromatic rings. The molecule has 8 rings (SSSR count). The maximum Gasteiger partial charge on any atom is 0.139 e. The molecule has 1 spiro atoms. The molecule has 1 aromatic carbocycles. The third kappa shape index (κ3) is 4.13. The van der Waals surface area contributed by atoms with Crippen molar-refractivity contribution >= 4 is 27.4 Å². The van der Waals surface area contributed by atoms with Gasteiger partial charge in [-0.2, -0.15) is 0 Å². The molecule has 1 aliphatic carbocycles. The summed E-state index contributed by atoms with van der Waals surface area (Å²) in [5.74, 6) is 0.581. The molecule has 2 fully saturated rings. The molecule has 0 saturated carbocycles. The smallest absolute Gasteiger partial charge is 0.139 e. The molecule has 6 heterocycles. The number of nitrogens with one attached hydrogen (secondary N) is 1. The summed E-state index contributed by atoms with van der Waals surface area (Å²) in [6, 6.07) is 8.24. The van der Waals surface area contributed by atoms with E-state index in [1.807, 2.05) is 12.3 Å². The average molecular weight is 565 g/mol. The van der Waals surface area contributed by atoms with Crippen LogP contribution in [-0.4, -0.2) is 73.8 Å². The van der Waals surface area contributed by atoms with Crippen molar-refractivity contribution in [2.45, 2.75) is 81.9 Å². The number of aromatic nitrogens is 2. The number of para-hydroxylation sites is 1. The molecular weight excluding hydrogens is 520 g/mol. The van der Waals surface area contributed by atoms with E-state index in [-0.39, 0.29) is 17.2 Å². The van der Waals surface area contributed by atoms with E-state index >= 15 is 0 Å². The molecule has 0 amide bonds. The first kappa shape index (κ1) is 26.7. The summed E-state index contributed by atoms with van der Waals surface area (Å²) < 4.78 is 0. The summed E-state index contributed by atoms with van der Waals surface area (Å²) in [4.78, 5) is 14.1. The Morgan fingerprint density at radius 3 is 2.67 bits per heavy atom. The number of fused-ring (bicyclic) bond motifs is 5. The number of pyridine rings is 1. The van der Waals surface area contributed by atoms with Crippen molar-refractivity contribution in [2.75, 3.05) is 26.2 Å². The number of benzene rings is 1. The highest BCUT2D eigenvalue weighted by molar-refractivity contribution is 6.11. The fraction of sp³-hybridized carbons (Fsp3) is 0.528. The quantitative estimate of drug-likeness (QED) is 0.292. The zero-order chi connectivity index (χ0) is 28.3. The van der Waals surface area contributed by atoms with Crippen LogP contribution < -0.4 is 0 Å². The Morgan fingerprint density at radius 2 is 1.74 bits per heavy atom. The zero-order valence-corrected chi connectivity index (χ0v) is 24.6. The number of allylic oxidation sites excluding steroid dienone is 4. The normalized spacial score (nSPS) is 37.0. The van der Waals surface area contributed by atoms with Gasteiger partial charge in [0, 0.05) is 35.0 Å². The van der Waals surface area contributed by atoms with E-state index in [9.17, 15) is 10.2 Å². The molecule has 5 aliphatic rings. The van der Waals surface area contributed by atoms with Crippen LogP contribution in [0.3, 0.4) is 0 Å². The molecule has 2 saturated heterocycles. The van der Waals surface area contributed by atoms with Gasteiger partial charge in [0.1, 0.15) is 5.75 Å². The van der Waals surface area contributed by atoms with E-state index in [0.29, 0.717) is 12.0 Å². The molecule has 2 unspecified atom stereocenters. The van der Waals surface area contributed by atoms with Crippen LogP contribution in [-0.2, 0) is 0 Å². The lowest BCUT2D eigenvalue weighted by Gasteiger charge is -2.58. The number of rotatable bonds is 1. The summed E-state index contributed by atoms with van der Waals surface area (Å²) in [6.07, 6.45) is 24.7. The third-order valence-electron chi connectivity index (χ3n) is 11.3. The zero-order valence-electron chi connectivity index (χ0n) is 24.6. The monoisotopic (exact) mass is 564 g/mol. The highest BCUT2D eigenvalue weighted by Gasteiger charge is 2.65. The number of piperidine rings is 1. The number of nitrogens with zero attached hydrogens (tertiary/aromatic N) is 3. The predicted octanol–water partition coefficient (Wildman–Crippen LogP) is 6.56. The van der Waals surface area contributed by atoms with Gasteiger partial charge in [-0.3, -0.25) is 9.88 Å². The number of aliphatic hydroxyl groups is 1. The number of H-pyrrole nitrogens is 1. The van der Waals surface area contributed by atoms with E-state index < -0.39 is 5.60 Å². The molecule has 6 nitrogen and oxygen atoms in total. The van der Waals surface area contributed by atoms with Gasteiger partial charge in [0.15, 0.2) is 0 Å². The van der Waals surface area contributed by atoms with Crippen LogP contribution >= 0.6 is 0 Å². The van der Waals surface area contributed by atoms with Gasteiger partial charge in [0.25, 0.3) is 0 Å². The summed E-state index contributed by atoms with van der Waals surface area (Å²) in [5.41, 5.74) is 2.89. The Hall–Kier alpha value is -2.93. The van der Waals surface area contributed by atoms with Crippen LogP contribution in [0.1, 0.15) is 69.9 Å². The number of aromatic hydroxyl groups is 1. The lowest BCUT2D eigenvalue weighted by molar-refractivity contribution is -0.0894. The van der Waals surface area contributed by atoms with Crippen LogP contribution in [0.2, 0.25) is 0 Å². The molecule has 42 heavy (non-hydrogen) atoms. The maximum absolute atomic E-state index is 13.1. The summed E-state index contributed by atoms with van der Waals surface area (Å²) >= 11 is 0. The van der Waals surface area contributed by atoms with Crippen LogP contribution in [0.4, 0.5) is 0 Å². The topological polar surface area (TPSA) is 75.6 Å². The van der Waals surface area contributed by atoms with Crippen molar-refractivity contribution in [1.82, 2.24) is 19.8 Å². The Bertz CT molecular complexity index is 1590.